The Labute approximate surface area is 107 Å². The molecule has 0 aliphatic heterocycles. The standard InChI is InChI=1S/C12H19ClN4/c1-17(2)12(5-3-4-6-12)9-16-11-14-7-10(13)8-15-11/h7-8H,3-6,9H2,1-2H3,(H,14,15,16). The topological polar surface area (TPSA) is 41.0 Å². The van der Waals surface area contributed by atoms with Crippen LogP contribution in [0.4, 0.5) is 5.95 Å². The summed E-state index contributed by atoms with van der Waals surface area (Å²) in [7, 11) is 4.30. The average molecular weight is 255 g/mol. The van der Waals surface area contributed by atoms with Gasteiger partial charge in [0.15, 0.2) is 0 Å². The van der Waals surface area contributed by atoms with Gasteiger partial charge < -0.3 is 10.2 Å². The fourth-order valence-corrected chi connectivity index (χ4v) is 2.56. The zero-order valence-electron chi connectivity index (χ0n) is 10.4. The Morgan fingerprint density at radius 2 is 1.88 bits per heavy atom. The molecule has 0 atom stereocenters. The molecule has 1 aromatic heterocycles. The third-order valence-electron chi connectivity index (χ3n) is 3.68. The maximum Gasteiger partial charge on any atom is 0.222 e. The molecule has 1 fully saturated rings. The first kappa shape index (κ1) is 12.6. The Kier molecular flexibility index (Phi) is 3.84. The number of rotatable bonds is 4. The van der Waals surface area contributed by atoms with Crippen LogP contribution in [0.5, 0.6) is 0 Å². The Morgan fingerprint density at radius 3 is 2.41 bits per heavy atom. The lowest BCUT2D eigenvalue weighted by Gasteiger charge is -2.36. The smallest absolute Gasteiger partial charge is 0.222 e. The lowest BCUT2D eigenvalue weighted by Crippen LogP contribution is -2.47. The second-order valence-corrected chi connectivity index (χ2v) is 5.34. The molecule has 1 saturated carbocycles. The van der Waals surface area contributed by atoms with Gasteiger partial charge >= 0.3 is 0 Å². The number of nitrogens with one attached hydrogen (secondary N) is 1. The highest BCUT2D eigenvalue weighted by Crippen LogP contribution is 2.33. The molecule has 17 heavy (non-hydrogen) atoms. The van der Waals surface area contributed by atoms with Crippen LogP contribution in [0.2, 0.25) is 5.02 Å². The van der Waals surface area contributed by atoms with Crippen molar-refractivity contribution in [1.29, 1.82) is 0 Å². The van der Waals surface area contributed by atoms with Gasteiger partial charge in [-0.1, -0.05) is 24.4 Å². The SMILES string of the molecule is CN(C)C1(CNc2ncc(Cl)cn2)CCCC1. The molecule has 0 radical (unpaired) electrons. The summed E-state index contributed by atoms with van der Waals surface area (Å²) >= 11 is 5.76. The van der Waals surface area contributed by atoms with Crippen LogP contribution in [0.25, 0.3) is 0 Å². The van der Waals surface area contributed by atoms with E-state index in [-0.39, 0.29) is 5.54 Å². The minimum absolute atomic E-state index is 0.253. The van der Waals surface area contributed by atoms with E-state index in [2.05, 4.69) is 34.3 Å². The maximum atomic E-state index is 5.76. The van der Waals surface area contributed by atoms with Crippen molar-refractivity contribution < 1.29 is 0 Å². The van der Waals surface area contributed by atoms with E-state index in [1.807, 2.05) is 0 Å². The van der Waals surface area contributed by atoms with Crippen LogP contribution in [0.15, 0.2) is 12.4 Å². The van der Waals surface area contributed by atoms with E-state index in [0.717, 1.165) is 6.54 Å². The first-order valence-electron chi connectivity index (χ1n) is 6.01. The number of halogens is 1. The van der Waals surface area contributed by atoms with Crippen molar-refractivity contribution in [3.05, 3.63) is 17.4 Å². The number of likely N-dealkylation sites (N-methyl/N-ethyl adjacent to an activating group) is 1. The largest absolute Gasteiger partial charge is 0.352 e. The summed E-state index contributed by atoms with van der Waals surface area (Å²) in [6.07, 6.45) is 8.32. The number of hydrogen-bond acceptors (Lipinski definition) is 4. The summed E-state index contributed by atoms with van der Waals surface area (Å²) in [5.41, 5.74) is 0.253. The molecule has 5 heteroatoms. The maximum absolute atomic E-state index is 5.76. The van der Waals surface area contributed by atoms with Crippen LogP contribution < -0.4 is 5.32 Å². The van der Waals surface area contributed by atoms with Crippen molar-refractivity contribution in [2.24, 2.45) is 0 Å². The molecule has 4 nitrogen and oxygen atoms in total. The van der Waals surface area contributed by atoms with Gasteiger partial charge in [0.1, 0.15) is 0 Å². The van der Waals surface area contributed by atoms with E-state index in [0.29, 0.717) is 11.0 Å². The highest BCUT2D eigenvalue weighted by molar-refractivity contribution is 6.30. The monoisotopic (exact) mass is 254 g/mol. The summed E-state index contributed by atoms with van der Waals surface area (Å²) < 4.78 is 0. The molecule has 94 valence electrons. The number of aromatic nitrogens is 2. The van der Waals surface area contributed by atoms with Crippen molar-refractivity contribution in [1.82, 2.24) is 14.9 Å². The molecule has 1 aromatic rings. The Balaban J connectivity index is 1.98. The van der Waals surface area contributed by atoms with Crippen LogP contribution in [0, 0.1) is 0 Å². The fraction of sp³-hybridized carbons (Fsp3) is 0.667. The molecule has 1 heterocycles. The average Bonchev–Trinajstić information content (AvgIpc) is 2.78. The lowest BCUT2D eigenvalue weighted by atomic mass is 9.96. The molecule has 0 saturated heterocycles. The van der Waals surface area contributed by atoms with Crippen LogP contribution in [-0.4, -0.2) is 41.0 Å². The van der Waals surface area contributed by atoms with Crippen LogP contribution in [0.1, 0.15) is 25.7 Å². The highest BCUT2D eigenvalue weighted by Gasteiger charge is 2.35. The van der Waals surface area contributed by atoms with Gasteiger partial charge in [-0.3, -0.25) is 0 Å². The third kappa shape index (κ3) is 2.87. The van der Waals surface area contributed by atoms with Crippen molar-refractivity contribution in [2.75, 3.05) is 26.0 Å². The van der Waals surface area contributed by atoms with Gasteiger partial charge in [0, 0.05) is 12.1 Å². The van der Waals surface area contributed by atoms with Crippen LogP contribution in [0.3, 0.4) is 0 Å². The molecule has 0 unspecified atom stereocenters. The molecule has 0 amide bonds. The second-order valence-electron chi connectivity index (χ2n) is 4.90. The predicted octanol–water partition coefficient (Wildman–Crippen LogP) is 2.42. The summed E-state index contributed by atoms with van der Waals surface area (Å²) in [4.78, 5) is 10.6. The molecule has 0 bridgehead atoms. The number of hydrogen-bond donors (Lipinski definition) is 1. The van der Waals surface area contributed by atoms with E-state index in [1.165, 1.54) is 25.7 Å². The highest BCUT2D eigenvalue weighted by atomic mass is 35.5. The summed E-state index contributed by atoms with van der Waals surface area (Å²) in [5, 5.41) is 3.88. The molecular formula is C12H19ClN4. The summed E-state index contributed by atoms with van der Waals surface area (Å²) in [6.45, 7) is 0.891. The minimum atomic E-state index is 0.253. The van der Waals surface area contributed by atoms with Crippen LogP contribution >= 0.6 is 11.6 Å². The van der Waals surface area contributed by atoms with Crippen molar-refractivity contribution in [3.63, 3.8) is 0 Å². The fourth-order valence-electron chi connectivity index (χ4n) is 2.46. The Bertz CT molecular complexity index is 357. The number of nitrogens with zero attached hydrogens (tertiary/aromatic N) is 3. The first-order chi connectivity index (χ1) is 8.12. The lowest BCUT2D eigenvalue weighted by molar-refractivity contribution is 0.172. The summed E-state index contributed by atoms with van der Waals surface area (Å²) in [5.74, 6) is 0.655. The van der Waals surface area contributed by atoms with Gasteiger partial charge in [0.2, 0.25) is 5.95 Å². The van der Waals surface area contributed by atoms with Gasteiger partial charge in [-0.05, 0) is 26.9 Å². The van der Waals surface area contributed by atoms with Gasteiger partial charge in [-0.2, -0.15) is 0 Å². The van der Waals surface area contributed by atoms with Crippen LogP contribution in [-0.2, 0) is 0 Å². The van der Waals surface area contributed by atoms with Gasteiger partial charge in [0.25, 0.3) is 0 Å². The van der Waals surface area contributed by atoms with E-state index in [1.54, 1.807) is 12.4 Å². The zero-order chi connectivity index (χ0) is 12.3. The molecular weight excluding hydrogens is 236 g/mol. The summed E-state index contributed by atoms with van der Waals surface area (Å²) in [6, 6.07) is 0. The predicted molar refractivity (Wildman–Crippen MR) is 70.4 cm³/mol. The Morgan fingerprint density at radius 1 is 1.29 bits per heavy atom. The van der Waals surface area contributed by atoms with E-state index >= 15 is 0 Å². The minimum Gasteiger partial charge on any atom is -0.352 e. The third-order valence-corrected chi connectivity index (χ3v) is 3.87. The molecule has 0 spiro atoms. The normalized spacial score (nSPS) is 18.6. The molecule has 1 aliphatic rings. The Hall–Kier alpha value is -0.870. The van der Waals surface area contributed by atoms with Gasteiger partial charge in [-0.25, -0.2) is 9.97 Å². The van der Waals surface area contributed by atoms with E-state index in [9.17, 15) is 0 Å². The first-order valence-corrected chi connectivity index (χ1v) is 6.39. The number of anilines is 1. The van der Waals surface area contributed by atoms with Gasteiger partial charge in [0.05, 0.1) is 17.4 Å². The van der Waals surface area contributed by atoms with Crippen molar-refractivity contribution in [3.8, 4) is 0 Å². The second kappa shape index (κ2) is 5.19. The van der Waals surface area contributed by atoms with Crippen molar-refractivity contribution in [2.45, 2.75) is 31.2 Å². The van der Waals surface area contributed by atoms with Gasteiger partial charge in [-0.15, -0.1) is 0 Å². The van der Waals surface area contributed by atoms with E-state index < -0.39 is 0 Å². The molecule has 1 aliphatic carbocycles. The zero-order valence-corrected chi connectivity index (χ0v) is 11.2. The molecule has 2 rings (SSSR count). The molecule has 1 N–H and O–H groups in total. The van der Waals surface area contributed by atoms with E-state index in [4.69, 9.17) is 11.6 Å². The molecule has 0 aromatic carbocycles. The van der Waals surface area contributed by atoms with Crippen molar-refractivity contribution >= 4 is 17.5 Å². The quantitative estimate of drug-likeness (QED) is 0.896.